The van der Waals surface area contributed by atoms with E-state index in [0.29, 0.717) is 18.0 Å². The molecule has 3 heterocycles. The van der Waals surface area contributed by atoms with E-state index in [1.54, 1.807) is 17.8 Å². The quantitative estimate of drug-likeness (QED) is 0.466. The van der Waals surface area contributed by atoms with Gasteiger partial charge in [-0.25, -0.2) is 19.3 Å². The summed E-state index contributed by atoms with van der Waals surface area (Å²) in [6.07, 6.45) is 13.6. The normalized spacial score (nSPS) is 17.3. The van der Waals surface area contributed by atoms with E-state index < -0.39 is 0 Å². The Kier molecular flexibility index (Phi) is 8.24. The van der Waals surface area contributed by atoms with Crippen LogP contribution >= 0.6 is 11.8 Å². The molecule has 170 valence electrons. The Morgan fingerprint density at radius 3 is 2.69 bits per heavy atom. The van der Waals surface area contributed by atoms with Crippen LogP contribution in [0.25, 0.3) is 16.2 Å². The second-order valence-electron chi connectivity index (χ2n) is 8.04. The van der Waals surface area contributed by atoms with Crippen molar-refractivity contribution in [2.24, 2.45) is 5.92 Å². The van der Waals surface area contributed by atoms with E-state index in [1.165, 1.54) is 5.57 Å². The second kappa shape index (κ2) is 10.9. The molecule has 2 aliphatic rings. The van der Waals surface area contributed by atoms with E-state index in [4.69, 9.17) is 9.97 Å². The van der Waals surface area contributed by atoms with Gasteiger partial charge in [0, 0.05) is 22.8 Å². The van der Waals surface area contributed by atoms with Gasteiger partial charge in [0.15, 0.2) is 11.3 Å². The van der Waals surface area contributed by atoms with Gasteiger partial charge in [0.2, 0.25) is 0 Å². The van der Waals surface area contributed by atoms with Gasteiger partial charge >= 0.3 is 0 Å². The molecule has 0 radical (unpaired) electrons. The highest BCUT2D eigenvalue weighted by atomic mass is 32.2. The van der Waals surface area contributed by atoms with Crippen molar-refractivity contribution in [2.45, 2.75) is 67.3 Å². The number of aromatic nitrogens is 4. The van der Waals surface area contributed by atoms with E-state index in [9.17, 15) is 4.39 Å². The molecule has 6 heteroatoms. The van der Waals surface area contributed by atoms with E-state index in [-0.39, 0.29) is 5.83 Å². The first-order chi connectivity index (χ1) is 15.5. The molecule has 0 N–H and O–H groups in total. The molecule has 0 aromatic carbocycles. The number of halogens is 1. The maximum Gasteiger partial charge on any atom is 0.198 e. The van der Waals surface area contributed by atoms with Gasteiger partial charge in [-0.1, -0.05) is 75.8 Å². The van der Waals surface area contributed by atoms with Gasteiger partial charge < -0.3 is 4.57 Å². The summed E-state index contributed by atoms with van der Waals surface area (Å²) in [5.74, 6) is 0.449. The van der Waals surface area contributed by atoms with Gasteiger partial charge in [-0.3, -0.25) is 0 Å². The number of aryl methyl sites for hydroxylation is 1. The van der Waals surface area contributed by atoms with E-state index in [1.807, 2.05) is 45.3 Å². The van der Waals surface area contributed by atoms with Crippen LogP contribution in [0.4, 0.5) is 4.39 Å². The number of rotatable bonds is 5. The van der Waals surface area contributed by atoms with Crippen LogP contribution in [0.1, 0.15) is 65.3 Å². The van der Waals surface area contributed by atoms with Crippen LogP contribution in [0, 0.1) is 12.8 Å². The summed E-state index contributed by atoms with van der Waals surface area (Å²) >= 11 is 1.69. The molecule has 0 amide bonds. The topological polar surface area (TPSA) is 43.6 Å². The van der Waals surface area contributed by atoms with Crippen LogP contribution in [0.15, 0.2) is 58.6 Å². The van der Waals surface area contributed by atoms with Gasteiger partial charge in [-0.05, 0) is 37.8 Å². The number of thioether (sulfide) groups is 1. The average molecular weight is 453 g/mol. The standard InChI is InChI=1S/C24H27FN4S.C2H6/c1-5-15(2)13-29-14-26-23-24(29)27-17(4)21(28-23)22-16(3)9-12-20(30-22)18-7-6-8-19(25)11-10-18;1-2/h6-7,10-12,14-15H,5,8-9,13H2,1-4H3;1-2H3. The van der Waals surface area contributed by atoms with E-state index >= 15 is 0 Å². The average Bonchev–Trinajstić information content (AvgIpc) is 3.04. The highest BCUT2D eigenvalue weighted by Gasteiger charge is 2.21. The fraction of sp³-hybridized carbons (Fsp3) is 0.423. The Labute approximate surface area is 195 Å². The fourth-order valence-corrected chi connectivity index (χ4v) is 4.73. The lowest BCUT2D eigenvalue weighted by Gasteiger charge is -2.20. The Balaban J connectivity index is 0.00000141. The molecule has 2 aromatic heterocycles. The summed E-state index contributed by atoms with van der Waals surface area (Å²) in [7, 11) is 0. The zero-order valence-electron chi connectivity index (χ0n) is 19.9. The molecule has 2 aromatic rings. The Bertz CT molecular complexity index is 1130. The molecule has 1 aliphatic carbocycles. The van der Waals surface area contributed by atoms with Gasteiger partial charge in [0.1, 0.15) is 11.5 Å². The maximum atomic E-state index is 13.6. The zero-order chi connectivity index (χ0) is 23.3. The molecule has 32 heavy (non-hydrogen) atoms. The predicted molar refractivity (Wildman–Crippen MR) is 135 cm³/mol. The Morgan fingerprint density at radius 2 is 1.94 bits per heavy atom. The smallest absolute Gasteiger partial charge is 0.198 e. The summed E-state index contributed by atoms with van der Waals surface area (Å²) < 4.78 is 15.7. The minimum absolute atomic E-state index is 0.116. The lowest BCUT2D eigenvalue weighted by Crippen LogP contribution is -2.07. The third-order valence-corrected chi connectivity index (χ3v) is 6.95. The van der Waals surface area contributed by atoms with Crippen molar-refractivity contribution in [1.29, 1.82) is 0 Å². The molecule has 1 unspecified atom stereocenters. The van der Waals surface area contributed by atoms with Crippen LogP contribution in [-0.4, -0.2) is 19.5 Å². The van der Waals surface area contributed by atoms with Gasteiger partial charge in [0.05, 0.1) is 12.0 Å². The molecule has 1 atom stereocenters. The summed E-state index contributed by atoms with van der Waals surface area (Å²) in [4.78, 5) is 16.6. The first-order valence-corrected chi connectivity index (χ1v) is 12.3. The van der Waals surface area contributed by atoms with Crippen molar-refractivity contribution in [3.05, 3.63) is 70.0 Å². The van der Waals surface area contributed by atoms with Crippen molar-refractivity contribution in [2.75, 3.05) is 0 Å². The van der Waals surface area contributed by atoms with Crippen LogP contribution in [0.5, 0.6) is 0 Å². The molecule has 0 saturated carbocycles. The predicted octanol–water partition coefficient (Wildman–Crippen LogP) is 7.70. The molecule has 1 aliphatic heterocycles. The van der Waals surface area contributed by atoms with Crippen molar-refractivity contribution in [3.8, 4) is 0 Å². The molecule has 4 rings (SSSR count). The monoisotopic (exact) mass is 452 g/mol. The molecule has 0 bridgehead atoms. The number of hydrogen-bond acceptors (Lipinski definition) is 4. The molecule has 0 saturated heterocycles. The summed E-state index contributed by atoms with van der Waals surface area (Å²) in [5, 5.41) is 0. The largest absolute Gasteiger partial charge is 0.314 e. The molecule has 4 nitrogen and oxygen atoms in total. The van der Waals surface area contributed by atoms with Gasteiger partial charge in [0.25, 0.3) is 0 Å². The number of imidazole rings is 1. The van der Waals surface area contributed by atoms with E-state index in [2.05, 4.69) is 36.4 Å². The lowest BCUT2D eigenvalue weighted by atomic mass is 10.1. The Morgan fingerprint density at radius 1 is 1.16 bits per heavy atom. The highest BCUT2D eigenvalue weighted by Crippen LogP contribution is 2.44. The van der Waals surface area contributed by atoms with Crippen molar-refractivity contribution < 1.29 is 4.39 Å². The van der Waals surface area contributed by atoms with Crippen LogP contribution < -0.4 is 0 Å². The fourth-order valence-electron chi connectivity index (χ4n) is 3.54. The minimum atomic E-state index is -0.116. The first-order valence-electron chi connectivity index (χ1n) is 11.5. The SMILES string of the molecule is CC.CCC(C)Cn1cnc2nc(C3=C(C)CC=C(C4=CC=C(F)CC=C4)S3)c(C)nc21. The number of nitrogens with zero attached hydrogens (tertiary/aromatic N) is 4. The minimum Gasteiger partial charge on any atom is -0.314 e. The zero-order valence-corrected chi connectivity index (χ0v) is 20.8. The van der Waals surface area contributed by atoms with Crippen molar-refractivity contribution in [3.63, 3.8) is 0 Å². The summed E-state index contributed by atoms with van der Waals surface area (Å²) in [6, 6.07) is 0. The highest BCUT2D eigenvalue weighted by molar-refractivity contribution is 8.12. The third kappa shape index (κ3) is 5.29. The Hall–Kier alpha value is -2.47. The number of allylic oxidation sites excluding steroid dienone is 8. The molecular weight excluding hydrogens is 419 g/mol. The van der Waals surface area contributed by atoms with Crippen LogP contribution in [0.3, 0.4) is 0 Å². The van der Waals surface area contributed by atoms with Crippen molar-refractivity contribution in [1.82, 2.24) is 19.5 Å². The van der Waals surface area contributed by atoms with E-state index in [0.717, 1.165) is 51.8 Å². The maximum absolute atomic E-state index is 13.6. The first kappa shape index (κ1) is 24.2. The molecular formula is C26H33FN4S. The number of fused-ring (bicyclic) bond motifs is 1. The summed E-state index contributed by atoms with van der Waals surface area (Å²) in [6.45, 7) is 13.5. The second-order valence-corrected chi connectivity index (χ2v) is 9.09. The van der Waals surface area contributed by atoms with Gasteiger partial charge in [-0.2, -0.15) is 0 Å². The lowest BCUT2D eigenvalue weighted by molar-refractivity contribution is 0.474. The molecule has 0 spiro atoms. The van der Waals surface area contributed by atoms with Crippen LogP contribution in [0.2, 0.25) is 0 Å². The van der Waals surface area contributed by atoms with Crippen LogP contribution in [-0.2, 0) is 6.54 Å². The third-order valence-electron chi connectivity index (χ3n) is 5.58. The molecule has 0 fully saturated rings. The number of hydrogen-bond donors (Lipinski definition) is 0. The summed E-state index contributed by atoms with van der Waals surface area (Å²) in [5.41, 5.74) is 5.63. The van der Waals surface area contributed by atoms with Gasteiger partial charge in [-0.15, -0.1) is 0 Å². The van der Waals surface area contributed by atoms with Crippen molar-refractivity contribution >= 4 is 28.0 Å².